The Balaban J connectivity index is 1.97. The average molecular weight is 269 g/mol. The van der Waals surface area contributed by atoms with Crippen LogP contribution in [0.5, 0.6) is 0 Å². The van der Waals surface area contributed by atoms with E-state index in [1.807, 2.05) is 18.2 Å². The SMILES string of the molecule is CCN1CCC(Nc2ccc(Cl)cc2CO)CC1. The van der Waals surface area contributed by atoms with E-state index in [-0.39, 0.29) is 6.61 Å². The third-order valence-corrected chi connectivity index (χ3v) is 3.87. The molecule has 2 N–H and O–H groups in total. The number of hydrogen-bond donors (Lipinski definition) is 2. The monoisotopic (exact) mass is 268 g/mol. The van der Waals surface area contributed by atoms with Crippen molar-refractivity contribution in [2.75, 3.05) is 25.0 Å². The lowest BCUT2D eigenvalue weighted by molar-refractivity contribution is 0.229. The minimum Gasteiger partial charge on any atom is -0.392 e. The summed E-state index contributed by atoms with van der Waals surface area (Å²) in [6, 6.07) is 6.15. The Morgan fingerprint density at radius 2 is 2.11 bits per heavy atom. The number of rotatable bonds is 4. The topological polar surface area (TPSA) is 35.5 Å². The highest BCUT2D eigenvalue weighted by Crippen LogP contribution is 2.23. The van der Waals surface area contributed by atoms with Gasteiger partial charge in [-0.05, 0) is 37.6 Å². The minimum absolute atomic E-state index is 0.0245. The molecular weight excluding hydrogens is 248 g/mol. The number of nitrogens with zero attached hydrogens (tertiary/aromatic N) is 1. The summed E-state index contributed by atoms with van der Waals surface area (Å²) < 4.78 is 0. The summed E-state index contributed by atoms with van der Waals surface area (Å²) in [4.78, 5) is 2.47. The number of anilines is 1. The van der Waals surface area contributed by atoms with Crippen molar-refractivity contribution in [1.29, 1.82) is 0 Å². The van der Waals surface area contributed by atoms with Gasteiger partial charge in [-0.25, -0.2) is 0 Å². The van der Waals surface area contributed by atoms with E-state index in [2.05, 4.69) is 17.1 Å². The van der Waals surface area contributed by atoms with Crippen LogP contribution in [0, 0.1) is 0 Å². The molecule has 0 radical (unpaired) electrons. The summed E-state index contributed by atoms with van der Waals surface area (Å²) in [5.41, 5.74) is 1.89. The van der Waals surface area contributed by atoms with Crippen LogP contribution >= 0.6 is 11.6 Å². The summed E-state index contributed by atoms with van der Waals surface area (Å²) in [5.74, 6) is 0. The summed E-state index contributed by atoms with van der Waals surface area (Å²) in [6.45, 7) is 5.66. The van der Waals surface area contributed by atoms with Crippen molar-refractivity contribution < 1.29 is 5.11 Å². The molecule has 0 spiro atoms. The van der Waals surface area contributed by atoms with Gasteiger partial charge in [-0.2, -0.15) is 0 Å². The van der Waals surface area contributed by atoms with Crippen LogP contribution < -0.4 is 5.32 Å². The van der Waals surface area contributed by atoms with Crippen molar-refractivity contribution in [1.82, 2.24) is 4.90 Å². The predicted octanol–water partition coefficient (Wildman–Crippen LogP) is 2.73. The van der Waals surface area contributed by atoms with Gasteiger partial charge in [0.15, 0.2) is 0 Å². The molecule has 1 heterocycles. The number of aliphatic hydroxyl groups excluding tert-OH is 1. The van der Waals surface area contributed by atoms with E-state index in [9.17, 15) is 5.11 Å². The van der Waals surface area contributed by atoms with Crippen LogP contribution in [0.3, 0.4) is 0 Å². The lowest BCUT2D eigenvalue weighted by Gasteiger charge is -2.32. The predicted molar refractivity (Wildman–Crippen MR) is 76.1 cm³/mol. The quantitative estimate of drug-likeness (QED) is 0.881. The first kappa shape index (κ1) is 13.7. The van der Waals surface area contributed by atoms with Gasteiger partial charge < -0.3 is 15.3 Å². The summed E-state index contributed by atoms with van der Waals surface area (Å²) in [5, 5.41) is 13.5. The largest absolute Gasteiger partial charge is 0.392 e. The van der Waals surface area contributed by atoms with Gasteiger partial charge in [-0.1, -0.05) is 18.5 Å². The van der Waals surface area contributed by atoms with E-state index in [0.717, 1.165) is 43.7 Å². The lowest BCUT2D eigenvalue weighted by Crippen LogP contribution is -2.39. The fraction of sp³-hybridized carbons (Fsp3) is 0.571. The molecule has 18 heavy (non-hydrogen) atoms. The first-order valence-corrected chi connectivity index (χ1v) is 6.99. The summed E-state index contributed by atoms with van der Waals surface area (Å²) >= 11 is 5.93. The highest BCUT2D eigenvalue weighted by atomic mass is 35.5. The van der Waals surface area contributed by atoms with Crippen molar-refractivity contribution in [3.8, 4) is 0 Å². The van der Waals surface area contributed by atoms with Gasteiger partial charge in [0.2, 0.25) is 0 Å². The Bertz CT molecular complexity index is 389. The molecule has 1 aromatic rings. The van der Waals surface area contributed by atoms with Crippen molar-refractivity contribution in [2.24, 2.45) is 0 Å². The van der Waals surface area contributed by atoms with Gasteiger partial charge in [-0.15, -0.1) is 0 Å². The highest BCUT2D eigenvalue weighted by Gasteiger charge is 2.18. The second-order valence-corrected chi connectivity index (χ2v) is 5.25. The Labute approximate surface area is 114 Å². The van der Waals surface area contributed by atoms with E-state index in [4.69, 9.17) is 11.6 Å². The molecule has 0 bridgehead atoms. The number of piperidine rings is 1. The van der Waals surface area contributed by atoms with E-state index in [1.165, 1.54) is 0 Å². The van der Waals surface area contributed by atoms with Crippen LogP contribution in [-0.2, 0) is 6.61 Å². The molecule has 3 nitrogen and oxygen atoms in total. The Morgan fingerprint density at radius 3 is 2.72 bits per heavy atom. The van der Waals surface area contributed by atoms with Gasteiger partial charge in [0.05, 0.1) is 6.61 Å². The van der Waals surface area contributed by atoms with E-state index >= 15 is 0 Å². The molecule has 1 saturated heterocycles. The van der Waals surface area contributed by atoms with Crippen LogP contribution in [0.1, 0.15) is 25.3 Å². The van der Waals surface area contributed by atoms with Crippen LogP contribution in [-0.4, -0.2) is 35.7 Å². The van der Waals surface area contributed by atoms with Gasteiger partial charge in [0.25, 0.3) is 0 Å². The molecule has 0 aliphatic carbocycles. The number of aliphatic hydroxyl groups is 1. The minimum atomic E-state index is 0.0245. The molecule has 1 aliphatic heterocycles. The second-order valence-electron chi connectivity index (χ2n) is 4.81. The molecule has 100 valence electrons. The molecule has 1 fully saturated rings. The van der Waals surface area contributed by atoms with Crippen LogP contribution in [0.15, 0.2) is 18.2 Å². The van der Waals surface area contributed by atoms with E-state index < -0.39 is 0 Å². The fourth-order valence-electron chi connectivity index (χ4n) is 2.45. The van der Waals surface area contributed by atoms with E-state index in [0.29, 0.717) is 11.1 Å². The van der Waals surface area contributed by atoms with Gasteiger partial charge in [0.1, 0.15) is 0 Å². The van der Waals surface area contributed by atoms with Crippen LogP contribution in [0.2, 0.25) is 5.02 Å². The highest BCUT2D eigenvalue weighted by molar-refractivity contribution is 6.30. The van der Waals surface area contributed by atoms with Gasteiger partial charge in [0, 0.05) is 35.4 Å². The zero-order chi connectivity index (χ0) is 13.0. The lowest BCUT2D eigenvalue weighted by atomic mass is 10.0. The van der Waals surface area contributed by atoms with Crippen molar-refractivity contribution in [3.63, 3.8) is 0 Å². The third kappa shape index (κ3) is 3.37. The smallest absolute Gasteiger partial charge is 0.0702 e. The van der Waals surface area contributed by atoms with Crippen molar-refractivity contribution >= 4 is 17.3 Å². The Hall–Kier alpha value is -0.770. The molecule has 0 aromatic heterocycles. The zero-order valence-electron chi connectivity index (χ0n) is 10.8. The molecule has 0 amide bonds. The number of likely N-dealkylation sites (tertiary alicyclic amines) is 1. The fourth-order valence-corrected chi connectivity index (χ4v) is 2.64. The van der Waals surface area contributed by atoms with Gasteiger partial charge >= 0.3 is 0 Å². The Kier molecular flexibility index (Phi) is 4.87. The van der Waals surface area contributed by atoms with Crippen LogP contribution in [0.25, 0.3) is 0 Å². The summed E-state index contributed by atoms with van der Waals surface area (Å²) in [7, 11) is 0. The van der Waals surface area contributed by atoms with Gasteiger partial charge in [-0.3, -0.25) is 0 Å². The molecule has 2 rings (SSSR count). The maximum atomic E-state index is 9.35. The van der Waals surface area contributed by atoms with E-state index in [1.54, 1.807) is 0 Å². The molecule has 1 aromatic carbocycles. The standard InChI is InChI=1S/C14H21ClN2O/c1-2-17-7-5-13(6-8-17)16-14-4-3-12(15)9-11(14)10-18/h3-4,9,13,16,18H,2,5-8,10H2,1H3. The number of nitrogens with one attached hydrogen (secondary N) is 1. The first-order chi connectivity index (χ1) is 8.72. The maximum Gasteiger partial charge on any atom is 0.0702 e. The second kappa shape index (κ2) is 6.41. The molecule has 0 unspecified atom stereocenters. The number of benzene rings is 1. The van der Waals surface area contributed by atoms with Crippen molar-refractivity contribution in [2.45, 2.75) is 32.4 Å². The number of hydrogen-bond acceptors (Lipinski definition) is 3. The van der Waals surface area contributed by atoms with Crippen molar-refractivity contribution in [3.05, 3.63) is 28.8 Å². The molecule has 1 aliphatic rings. The Morgan fingerprint density at radius 1 is 1.39 bits per heavy atom. The maximum absolute atomic E-state index is 9.35. The molecule has 0 atom stereocenters. The normalized spacial score (nSPS) is 17.9. The first-order valence-electron chi connectivity index (χ1n) is 6.61. The molecular formula is C14H21ClN2O. The van der Waals surface area contributed by atoms with Crippen LogP contribution in [0.4, 0.5) is 5.69 Å². The molecule has 4 heteroatoms. The average Bonchev–Trinajstić information content (AvgIpc) is 2.41. The molecule has 0 saturated carbocycles. The zero-order valence-corrected chi connectivity index (χ0v) is 11.6. The summed E-state index contributed by atoms with van der Waals surface area (Å²) in [6.07, 6.45) is 2.31. The number of halogens is 1. The third-order valence-electron chi connectivity index (χ3n) is 3.63.